The van der Waals surface area contributed by atoms with Crippen molar-refractivity contribution < 1.29 is 14.5 Å². The molecule has 1 N–H and O–H groups in total. The summed E-state index contributed by atoms with van der Waals surface area (Å²) in [5.41, 5.74) is 3.69. The normalized spacial score (nSPS) is 14.4. The summed E-state index contributed by atoms with van der Waals surface area (Å²) in [5, 5.41) is 14.6. The number of nitro groups is 1. The molecule has 0 radical (unpaired) electrons. The van der Waals surface area contributed by atoms with Crippen molar-refractivity contribution in [2.24, 2.45) is 0 Å². The number of carbonyl (C=O) groups excluding carboxylic acids is 1. The van der Waals surface area contributed by atoms with Crippen molar-refractivity contribution in [3.8, 4) is 16.9 Å². The first-order valence-electron chi connectivity index (χ1n) is 11.9. The van der Waals surface area contributed by atoms with Crippen molar-refractivity contribution in [1.29, 1.82) is 0 Å². The number of hydrogen-bond acceptors (Lipinski definition) is 6. The Balaban J connectivity index is 1.44. The number of nitrogens with zero attached hydrogens (tertiary/aromatic N) is 3. The molecule has 37 heavy (non-hydrogen) atoms. The molecule has 8 nitrogen and oxygen atoms in total. The maximum atomic E-state index is 12.5. The van der Waals surface area contributed by atoms with Gasteiger partial charge in [-0.05, 0) is 48.0 Å². The zero-order chi connectivity index (χ0) is 26.4. The quantitative estimate of drug-likeness (QED) is 0.302. The molecule has 10 heteroatoms. The van der Waals surface area contributed by atoms with Crippen LogP contribution in [0.15, 0.2) is 60.7 Å². The standard InChI is InChI=1S/C27H28Cl2N4O4/c1-31-10-12-32(13-11-31)17-22-14-20(21-4-8-24(28)25(29)15-21)5-9-26(22)37-18-27(34)30-16-19-2-6-23(7-3-19)33(35)36/h2-9,14-15H,10-13,16-18H2,1H3,(H,30,34). The van der Waals surface area contributed by atoms with Gasteiger partial charge < -0.3 is 15.0 Å². The highest BCUT2D eigenvalue weighted by Gasteiger charge is 2.17. The Morgan fingerprint density at radius 1 is 0.973 bits per heavy atom. The molecule has 3 aromatic rings. The fourth-order valence-electron chi connectivity index (χ4n) is 4.08. The number of amides is 1. The van der Waals surface area contributed by atoms with E-state index in [1.54, 1.807) is 18.2 Å². The second kappa shape index (κ2) is 12.4. The summed E-state index contributed by atoms with van der Waals surface area (Å²) < 4.78 is 5.95. The van der Waals surface area contributed by atoms with Crippen LogP contribution in [0.4, 0.5) is 5.69 Å². The van der Waals surface area contributed by atoms with E-state index in [0.29, 0.717) is 22.3 Å². The van der Waals surface area contributed by atoms with E-state index in [0.717, 1.165) is 48.4 Å². The maximum Gasteiger partial charge on any atom is 0.269 e. The Bertz CT molecular complexity index is 1260. The van der Waals surface area contributed by atoms with Gasteiger partial charge in [0.1, 0.15) is 5.75 Å². The SMILES string of the molecule is CN1CCN(Cc2cc(-c3ccc(Cl)c(Cl)c3)ccc2OCC(=O)NCc2ccc([N+](=O)[O-])cc2)CC1. The summed E-state index contributed by atoms with van der Waals surface area (Å²) in [4.78, 5) is 27.5. The summed E-state index contributed by atoms with van der Waals surface area (Å²) in [5.74, 6) is 0.366. The number of rotatable bonds is 9. The predicted molar refractivity (Wildman–Crippen MR) is 145 cm³/mol. The Hall–Kier alpha value is -3.17. The number of ether oxygens (including phenoxy) is 1. The zero-order valence-corrected chi connectivity index (χ0v) is 22.0. The molecule has 1 aliphatic rings. The highest BCUT2D eigenvalue weighted by atomic mass is 35.5. The summed E-state index contributed by atoms with van der Waals surface area (Å²) in [6, 6.07) is 17.5. The van der Waals surface area contributed by atoms with Crippen LogP contribution in [0, 0.1) is 10.1 Å². The minimum Gasteiger partial charge on any atom is -0.483 e. The van der Waals surface area contributed by atoms with Crippen molar-refractivity contribution in [3.63, 3.8) is 0 Å². The Labute approximate surface area is 225 Å². The molecule has 1 fully saturated rings. The first kappa shape index (κ1) is 26.9. The molecule has 0 saturated carbocycles. The van der Waals surface area contributed by atoms with Gasteiger partial charge in [0.05, 0.1) is 15.0 Å². The van der Waals surface area contributed by atoms with Crippen LogP contribution in [-0.4, -0.2) is 60.5 Å². The lowest BCUT2D eigenvalue weighted by atomic mass is 10.0. The number of nitrogens with one attached hydrogen (secondary N) is 1. The predicted octanol–water partition coefficient (Wildman–Crippen LogP) is 5.01. The van der Waals surface area contributed by atoms with Gasteiger partial charge in [-0.1, -0.05) is 47.5 Å². The van der Waals surface area contributed by atoms with E-state index in [4.69, 9.17) is 27.9 Å². The first-order valence-corrected chi connectivity index (χ1v) is 12.7. The third-order valence-corrected chi connectivity index (χ3v) is 7.04. The van der Waals surface area contributed by atoms with Gasteiger partial charge in [0.25, 0.3) is 11.6 Å². The lowest BCUT2D eigenvalue weighted by Crippen LogP contribution is -2.43. The molecular weight excluding hydrogens is 515 g/mol. The number of piperazine rings is 1. The monoisotopic (exact) mass is 542 g/mol. The Morgan fingerprint density at radius 3 is 2.32 bits per heavy atom. The largest absolute Gasteiger partial charge is 0.483 e. The van der Waals surface area contributed by atoms with Gasteiger partial charge in [0.2, 0.25) is 0 Å². The lowest BCUT2D eigenvalue weighted by Gasteiger charge is -2.32. The molecule has 0 unspecified atom stereocenters. The van der Waals surface area contributed by atoms with Crippen LogP contribution in [0.3, 0.4) is 0 Å². The van der Waals surface area contributed by atoms with E-state index in [9.17, 15) is 14.9 Å². The van der Waals surface area contributed by atoms with Gasteiger partial charge in [0.15, 0.2) is 6.61 Å². The minimum atomic E-state index is -0.456. The van der Waals surface area contributed by atoms with E-state index >= 15 is 0 Å². The van der Waals surface area contributed by atoms with Crippen LogP contribution in [0.2, 0.25) is 10.0 Å². The molecule has 194 valence electrons. The van der Waals surface area contributed by atoms with E-state index in [2.05, 4.69) is 28.2 Å². The fourth-order valence-corrected chi connectivity index (χ4v) is 4.37. The number of likely N-dealkylation sites (N-methyl/N-ethyl adjacent to an activating group) is 1. The van der Waals surface area contributed by atoms with Gasteiger partial charge in [-0.25, -0.2) is 0 Å². The summed E-state index contributed by atoms with van der Waals surface area (Å²) in [7, 11) is 2.12. The van der Waals surface area contributed by atoms with Crippen LogP contribution in [0.25, 0.3) is 11.1 Å². The first-order chi connectivity index (χ1) is 17.8. The molecule has 1 aliphatic heterocycles. The number of non-ortho nitro benzene ring substituents is 1. The molecule has 1 heterocycles. The number of nitro benzene ring substituents is 1. The second-order valence-electron chi connectivity index (χ2n) is 9.02. The minimum absolute atomic E-state index is 0.00982. The molecule has 0 spiro atoms. The molecule has 3 aromatic carbocycles. The van der Waals surface area contributed by atoms with Crippen LogP contribution in [0.1, 0.15) is 11.1 Å². The van der Waals surface area contributed by atoms with E-state index < -0.39 is 4.92 Å². The van der Waals surface area contributed by atoms with Crippen molar-refractivity contribution in [3.05, 3.63) is 92.0 Å². The van der Waals surface area contributed by atoms with Crippen molar-refractivity contribution in [2.75, 3.05) is 39.8 Å². The zero-order valence-electron chi connectivity index (χ0n) is 20.5. The Kier molecular flexibility index (Phi) is 9.00. The highest BCUT2D eigenvalue weighted by Crippen LogP contribution is 2.32. The summed E-state index contributed by atoms with van der Waals surface area (Å²) >= 11 is 12.3. The van der Waals surface area contributed by atoms with Gasteiger partial charge in [0, 0.05) is 57.0 Å². The van der Waals surface area contributed by atoms with Crippen molar-refractivity contribution >= 4 is 34.8 Å². The smallest absolute Gasteiger partial charge is 0.269 e. The third-order valence-electron chi connectivity index (χ3n) is 6.30. The molecule has 1 amide bonds. The molecule has 4 rings (SSSR count). The molecular formula is C27H28Cl2N4O4. The van der Waals surface area contributed by atoms with Crippen LogP contribution in [-0.2, 0) is 17.9 Å². The fraction of sp³-hybridized carbons (Fsp3) is 0.296. The average Bonchev–Trinajstić information content (AvgIpc) is 2.89. The Morgan fingerprint density at radius 2 is 1.65 bits per heavy atom. The van der Waals surface area contributed by atoms with Crippen LogP contribution in [0.5, 0.6) is 5.75 Å². The lowest BCUT2D eigenvalue weighted by molar-refractivity contribution is -0.384. The van der Waals surface area contributed by atoms with E-state index in [1.807, 2.05) is 24.3 Å². The van der Waals surface area contributed by atoms with E-state index in [1.165, 1.54) is 12.1 Å². The molecule has 1 saturated heterocycles. The molecule has 0 atom stereocenters. The van der Waals surface area contributed by atoms with Crippen LogP contribution >= 0.6 is 23.2 Å². The van der Waals surface area contributed by atoms with E-state index in [-0.39, 0.29) is 24.7 Å². The topological polar surface area (TPSA) is 88.0 Å². The maximum absolute atomic E-state index is 12.5. The molecule has 0 bridgehead atoms. The second-order valence-corrected chi connectivity index (χ2v) is 9.83. The van der Waals surface area contributed by atoms with Gasteiger partial charge in [-0.2, -0.15) is 0 Å². The van der Waals surface area contributed by atoms with Crippen LogP contribution < -0.4 is 10.1 Å². The third kappa shape index (κ3) is 7.42. The number of halogens is 2. The average molecular weight is 543 g/mol. The number of hydrogen-bond donors (Lipinski definition) is 1. The summed E-state index contributed by atoms with van der Waals surface area (Å²) in [6.07, 6.45) is 0. The highest BCUT2D eigenvalue weighted by molar-refractivity contribution is 6.42. The van der Waals surface area contributed by atoms with Gasteiger partial charge in [-0.3, -0.25) is 19.8 Å². The van der Waals surface area contributed by atoms with Crippen molar-refractivity contribution in [2.45, 2.75) is 13.1 Å². The van der Waals surface area contributed by atoms with Gasteiger partial charge in [-0.15, -0.1) is 0 Å². The number of carbonyl (C=O) groups is 1. The number of benzene rings is 3. The molecule has 0 aliphatic carbocycles. The molecule has 0 aromatic heterocycles. The summed E-state index contributed by atoms with van der Waals surface area (Å²) in [6.45, 7) is 4.69. The van der Waals surface area contributed by atoms with Crippen molar-refractivity contribution in [1.82, 2.24) is 15.1 Å². The van der Waals surface area contributed by atoms with Gasteiger partial charge >= 0.3 is 0 Å².